The summed E-state index contributed by atoms with van der Waals surface area (Å²) < 4.78 is 1.72. The van der Waals surface area contributed by atoms with Crippen LogP contribution in [0.2, 0.25) is 5.02 Å². The lowest BCUT2D eigenvalue weighted by molar-refractivity contribution is -0.114. The van der Waals surface area contributed by atoms with Crippen LogP contribution in [0.5, 0.6) is 0 Å². The maximum absolute atomic E-state index is 12.8. The first-order chi connectivity index (χ1) is 12.4. The number of pyridine rings is 1. The molecule has 2 heterocycles. The fraction of sp³-hybridized carbons (Fsp3) is 0.0588. The molecule has 0 fully saturated rings. The Balaban J connectivity index is 2.42. The van der Waals surface area contributed by atoms with Gasteiger partial charge in [0.25, 0.3) is 11.8 Å². The van der Waals surface area contributed by atoms with Gasteiger partial charge in [0, 0.05) is 18.0 Å². The van der Waals surface area contributed by atoms with Gasteiger partial charge in [0.05, 0.1) is 10.6 Å². The van der Waals surface area contributed by atoms with Crippen molar-refractivity contribution in [3.8, 4) is 5.82 Å². The van der Waals surface area contributed by atoms with E-state index in [9.17, 15) is 9.59 Å². The minimum Gasteiger partial charge on any atom is -0.366 e. The van der Waals surface area contributed by atoms with Crippen LogP contribution in [-0.2, 0) is 4.79 Å². The van der Waals surface area contributed by atoms with E-state index < -0.39 is 11.8 Å². The lowest BCUT2D eigenvalue weighted by Gasteiger charge is -2.12. The Bertz CT molecular complexity index is 933. The Morgan fingerprint density at radius 1 is 1.46 bits per heavy atom. The number of nitrogens with zero attached hydrogens (tertiary/aromatic N) is 3. The van der Waals surface area contributed by atoms with Crippen molar-refractivity contribution in [3.63, 3.8) is 0 Å². The fourth-order valence-corrected chi connectivity index (χ4v) is 2.69. The molecule has 0 aliphatic heterocycles. The summed E-state index contributed by atoms with van der Waals surface area (Å²) in [6.45, 7) is 5.20. The van der Waals surface area contributed by atoms with E-state index in [1.54, 1.807) is 25.1 Å². The van der Waals surface area contributed by atoms with Gasteiger partial charge in [-0.2, -0.15) is 5.10 Å². The lowest BCUT2D eigenvalue weighted by atomic mass is 10.1. The highest BCUT2D eigenvalue weighted by atomic mass is 79.9. The third kappa shape index (κ3) is 4.27. The van der Waals surface area contributed by atoms with E-state index in [-0.39, 0.29) is 17.0 Å². The number of hydrogen-bond donors (Lipinski definition) is 2. The molecule has 0 aliphatic rings. The number of halogens is 2. The third-order valence-electron chi connectivity index (χ3n) is 3.23. The first-order valence-electron chi connectivity index (χ1n) is 7.36. The van der Waals surface area contributed by atoms with Crippen LogP contribution in [0.15, 0.2) is 65.1 Å². The van der Waals surface area contributed by atoms with Gasteiger partial charge in [-0.15, -0.1) is 0 Å². The second-order valence-electron chi connectivity index (χ2n) is 4.91. The van der Waals surface area contributed by atoms with Crippen molar-refractivity contribution in [3.05, 3.63) is 75.8 Å². The van der Waals surface area contributed by atoms with Gasteiger partial charge < -0.3 is 11.1 Å². The van der Waals surface area contributed by atoms with Crippen molar-refractivity contribution in [2.75, 3.05) is 0 Å². The largest absolute Gasteiger partial charge is 0.366 e. The van der Waals surface area contributed by atoms with Crippen LogP contribution in [0.3, 0.4) is 0 Å². The number of aromatic nitrogens is 3. The van der Waals surface area contributed by atoms with Gasteiger partial charge in [0.1, 0.15) is 10.3 Å². The second-order valence-corrected chi connectivity index (χ2v) is 6.13. The Kier molecular flexibility index (Phi) is 6.48. The molecule has 2 amide bonds. The molecule has 0 bridgehead atoms. The van der Waals surface area contributed by atoms with Crippen molar-refractivity contribution < 1.29 is 9.59 Å². The summed E-state index contributed by atoms with van der Waals surface area (Å²) in [5.74, 6) is -0.918. The van der Waals surface area contributed by atoms with Gasteiger partial charge >= 0.3 is 0 Å². The summed E-state index contributed by atoms with van der Waals surface area (Å²) >= 11 is 9.39. The van der Waals surface area contributed by atoms with Gasteiger partial charge in [-0.25, -0.2) is 9.67 Å². The number of hydrogen-bond acceptors (Lipinski definition) is 4. The molecule has 0 atom stereocenters. The molecule has 0 saturated heterocycles. The van der Waals surface area contributed by atoms with E-state index in [1.165, 1.54) is 29.1 Å². The van der Waals surface area contributed by atoms with Crippen LogP contribution < -0.4 is 11.1 Å². The quantitative estimate of drug-likeness (QED) is 0.537. The average Bonchev–Trinajstić information content (AvgIpc) is 2.99. The molecule has 0 spiro atoms. The molecule has 26 heavy (non-hydrogen) atoms. The third-order valence-corrected chi connectivity index (χ3v) is 3.91. The van der Waals surface area contributed by atoms with E-state index in [1.807, 2.05) is 0 Å². The predicted octanol–water partition coefficient (Wildman–Crippen LogP) is 2.91. The van der Waals surface area contributed by atoms with E-state index >= 15 is 0 Å². The monoisotopic (exact) mass is 435 g/mol. The number of primary amides is 1. The summed E-state index contributed by atoms with van der Waals surface area (Å²) in [6.07, 6.45) is 5.92. The Morgan fingerprint density at radius 3 is 2.77 bits per heavy atom. The van der Waals surface area contributed by atoms with Crippen LogP contribution in [-0.4, -0.2) is 26.6 Å². The van der Waals surface area contributed by atoms with E-state index in [4.69, 9.17) is 17.3 Å². The molecule has 2 aromatic rings. The van der Waals surface area contributed by atoms with Crippen LogP contribution in [0, 0.1) is 0 Å². The fourth-order valence-electron chi connectivity index (χ4n) is 2.11. The second kappa shape index (κ2) is 8.59. The molecule has 134 valence electrons. The zero-order chi connectivity index (χ0) is 19.3. The molecule has 0 saturated carbocycles. The van der Waals surface area contributed by atoms with Crippen molar-refractivity contribution in [1.82, 2.24) is 20.1 Å². The van der Waals surface area contributed by atoms with Crippen LogP contribution in [0.25, 0.3) is 5.82 Å². The molecule has 0 aromatic carbocycles. The summed E-state index contributed by atoms with van der Waals surface area (Å²) in [6, 6.07) is 4.81. The summed E-state index contributed by atoms with van der Waals surface area (Å²) in [7, 11) is 0. The normalized spacial score (nSPS) is 12.0. The number of carbonyl (C=O) groups is 2. The zero-order valence-corrected chi connectivity index (χ0v) is 16.1. The van der Waals surface area contributed by atoms with Gasteiger partial charge in [-0.05, 0) is 41.1 Å². The Morgan fingerprint density at radius 2 is 2.19 bits per heavy atom. The molecule has 0 radical (unpaired) electrons. The highest BCUT2D eigenvalue weighted by Gasteiger charge is 2.21. The number of carbonyl (C=O) groups excluding carboxylic acids is 2. The molecule has 0 aliphatic carbocycles. The minimum absolute atomic E-state index is 0.122. The topological polar surface area (TPSA) is 103 Å². The SMILES string of the molecule is C=C/C=C(C(N)=O)\C(=C/C)NC(=O)c1cc(Br)nn1-c1ncccc1Cl. The summed E-state index contributed by atoms with van der Waals surface area (Å²) in [5, 5.41) is 7.17. The molecular weight excluding hydrogens is 422 g/mol. The number of rotatable bonds is 6. The van der Waals surface area contributed by atoms with E-state index in [0.717, 1.165) is 0 Å². The number of amides is 2. The maximum atomic E-state index is 12.8. The van der Waals surface area contributed by atoms with Crippen molar-refractivity contribution in [1.29, 1.82) is 0 Å². The van der Waals surface area contributed by atoms with Crippen molar-refractivity contribution in [2.45, 2.75) is 6.92 Å². The Labute approximate surface area is 163 Å². The molecular formula is C17H15BrClN5O2. The lowest BCUT2D eigenvalue weighted by Crippen LogP contribution is -2.30. The van der Waals surface area contributed by atoms with Gasteiger partial charge in [-0.1, -0.05) is 30.3 Å². The van der Waals surface area contributed by atoms with E-state index in [2.05, 4.69) is 37.9 Å². The van der Waals surface area contributed by atoms with Crippen molar-refractivity contribution in [2.24, 2.45) is 5.73 Å². The van der Waals surface area contributed by atoms with Crippen LogP contribution in [0.4, 0.5) is 0 Å². The summed E-state index contributed by atoms with van der Waals surface area (Å²) in [5.41, 5.74) is 5.90. The molecule has 3 N–H and O–H groups in total. The molecule has 9 heteroatoms. The molecule has 2 rings (SSSR count). The maximum Gasteiger partial charge on any atom is 0.274 e. The van der Waals surface area contributed by atoms with Gasteiger partial charge in [0.15, 0.2) is 5.82 Å². The first-order valence-corrected chi connectivity index (χ1v) is 8.53. The molecule has 0 unspecified atom stereocenters. The van der Waals surface area contributed by atoms with Gasteiger partial charge in [-0.3, -0.25) is 9.59 Å². The molecule has 7 nitrogen and oxygen atoms in total. The van der Waals surface area contributed by atoms with Crippen molar-refractivity contribution >= 4 is 39.3 Å². The first kappa shape index (κ1) is 19.6. The van der Waals surface area contributed by atoms with Crippen LogP contribution >= 0.6 is 27.5 Å². The zero-order valence-electron chi connectivity index (χ0n) is 13.7. The molecule has 2 aromatic heterocycles. The van der Waals surface area contributed by atoms with Gasteiger partial charge in [0.2, 0.25) is 0 Å². The number of nitrogens with one attached hydrogen (secondary N) is 1. The highest BCUT2D eigenvalue weighted by Crippen LogP contribution is 2.21. The Hall–Kier alpha value is -2.71. The average molecular weight is 437 g/mol. The van der Waals surface area contributed by atoms with Crippen LogP contribution in [0.1, 0.15) is 17.4 Å². The standard InChI is InChI=1S/C17H15BrClN5O2/c1-3-6-10(15(20)25)12(4-2)22-17(26)13-9-14(18)23-24(13)16-11(19)7-5-8-21-16/h3-9H,1H2,2H3,(H2,20,25)(H,22,26)/b10-6+,12-4+. The minimum atomic E-state index is -0.694. The smallest absolute Gasteiger partial charge is 0.274 e. The van der Waals surface area contributed by atoms with E-state index in [0.29, 0.717) is 15.4 Å². The number of nitrogens with two attached hydrogens (primary N) is 1. The number of allylic oxidation sites excluding steroid dienone is 3. The predicted molar refractivity (Wildman–Crippen MR) is 103 cm³/mol. The highest BCUT2D eigenvalue weighted by molar-refractivity contribution is 9.10. The summed E-state index contributed by atoms with van der Waals surface area (Å²) in [4.78, 5) is 28.5.